The average Bonchev–Trinajstić information content (AvgIpc) is 2.81. The molecule has 1 aromatic carbocycles. The molecule has 0 saturated carbocycles. The van der Waals surface area contributed by atoms with E-state index in [2.05, 4.69) is 31.2 Å². The number of hydrogen-bond acceptors (Lipinski definition) is 8. The minimum absolute atomic E-state index is 0.0547. The maximum absolute atomic E-state index is 12.5. The number of H-pyrrole nitrogens is 1. The molecule has 1 amide bonds. The van der Waals surface area contributed by atoms with Crippen LogP contribution >= 0.6 is 0 Å². The molecule has 0 spiro atoms. The summed E-state index contributed by atoms with van der Waals surface area (Å²) in [6.45, 7) is 0. The highest BCUT2D eigenvalue weighted by Gasteiger charge is 2.22. The number of nitrogen functional groups attached to an aromatic ring is 1. The van der Waals surface area contributed by atoms with E-state index >= 15 is 0 Å². The molecule has 0 aliphatic carbocycles. The van der Waals surface area contributed by atoms with E-state index in [4.69, 9.17) is 17.3 Å². The summed E-state index contributed by atoms with van der Waals surface area (Å²) in [5.41, 5.74) is 6.71. The van der Waals surface area contributed by atoms with E-state index in [-0.39, 0.29) is 35.0 Å². The number of aromatic amines is 1. The maximum Gasteiger partial charge on any atom is 0.326 e. The molecule has 2 aromatic heterocycles. The van der Waals surface area contributed by atoms with Crippen LogP contribution in [0, 0.1) is 12.3 Å². The normalized spacial score (nSPS) is 12.4. The van der Waals surface area contributed by atoms with Gasteiger partial charge < -0.3 is 21.3 Å². The average molecular weight is 478 g/mol. The first-order valence-corrected chi connectivity index (χ1v) is 10.5. The Morgan fingerprint density at radius 1 is 1.17 bits per heavy atom. The molecule has 3 rings (SSSR count). The summed E-state index contributed by atoms with van der Waals surface area (Å²) in [6.07, 6.45) is 7.10. The van der Waals surface area contributed by atoms with Gasteiger partial charge in [0.2, 0.25) is 5.95 Å². The van der Waals surface area contributed by atoms with Crippen LogP contribution in [0.25, 0.3) is 11.2 Å². The fourth-order valence-electron chi connectivity index (χ4n) is 3.45. The smallest absolute Gasteiger partial charge is 0.326 e. The number of fused-ring (bicyclic) bond motifs is 1. The van der Waals surface area contributed by atoms with Gasteiger partial charge in [0.05, 0.1) is 11.9 Å². The largest absolute Gasteiger partial charge is 0.481 e. The molecule has 0 radical (unpaired) electrons. The van der Waals surface area contributed by atoms with Gasteiger partial charge in [-0.05, 0) is 30.5 Å². The highest BCUT2D eigenvalue weighted by atomic mass is 16.4. The molecule has 0 aliphatic rings. The van der Waals surface area contributed by atoms with E-state index in [0.717, 1.165) is 5.56 Å². The SMILES string of the molecule is C#CCC(Cc1cnc2nc(N)[nH]c(=O)c2n1)c1ccc(C(=O)N[C@@H](CCC(=O)O)C(=O)O)cc1. The Bertz CT molecular complexity index is 1360. The van der Waals surface area contributed by atoms with Crippen molar-refractivity contribution in [3.63, 3.8) is 0 Å². The van der Waals surface area contributed by atoms with Gasteiger partial charge in [0.1, 0.15) is 6.04 Å². The van der Waals surface area contributed by atoms with Crippen LogP contribution in [-0.4, -0.2) is 54.0 Å². The number of nitrogens with zero attached hydrogens (tertiary/aromatic N) is 3. The lowest BCUT2D eigenvalue weighted by molar-refractivity contribution is -0.140. The third-order valence-electron chi connectivity index (χ3n) is 5.20. The van der Waals surface area contributed by atoms with Crippen molar-refractivity contribution in [3.05, 3.63) is 57.6 Å². The lowest BCUT2D eigenvalue weighted by Crippen LogP contribution is -2.41. The van der Waals surface area contributed by atoms with Crippen LogP contribution in [0.2, 0.25) is 0 Å². The molecule has 6 N–H and O–H groups in total. The number of terminal acetylenes is 1. The third kappa shape index (κ3) is 6.38. The molecule has 180 valence electrons. The van der Waals surface area contributed by atoms with Crippen molar-refractivity contribution >= 4 is 35.0 Å². The van der Waals surface area contributed by atoms with Crippen LogP contribution in [0.5, 0.6) is 0 Å². The zero-order valence-electron chi connectivity index (χ0n) is 18.4. The Morgan fingerprint density at radius 2 is 1.89 bits per heavy atom. The number of amides is 1. The summed E-state index contributed by atoms with van der Waals surface area (Å²) >= 11 is 0. The fraction of sp³-hybridized carbons (Fsp3) is 0.261. The highest BCUT2D eigenvalue weighted by Crippen LogP contribution is 2.24. The number of aromatic nitrogens is 4. The summed E-state index contributed by atoms with van der Waals surface area (Å²) in [6, 6.07) is 5.09. The Hall–Kier alpha value is -4.79. The lowest BCUT2D eigenvalue weighted by Gasteiger charge is -2.16. The zero-order valence-corrected chi connectivity index (χ0v) is 18.4. The number of anilines is 1. The molecule has 3 aromatic rings. The molecule has 35 heavy (non-hydrogen) atoms. The summed E-state index contributed by atoms with van der Waals surface area (Å²) in [7, 11) is 0. The van der Waals surface area contributed by atoms with E-state index < -0.39 is 35.9 Å². The number of hydrogen-bond donors (Lipinski definition) is 5. The maximum atomic E-state index is 12.5. The van der Waals surface area contributed by atoms with Crippen molar-refractivity contribution in [1.29, 1.82) is 0 Å². The summed E-state index contributed by atoms with van der Waals surface area (Å²) in [5.74, 6) is -0.779. The Kier molecular flexibility index (Phi) is 7.73. The molecule has 0 aliphatic heterocycles. The minimum Gasteiger partial charge on any atom is -0.481 e. The van der Waals surface area contributed by atoms with Crippen molar-refractivity contribution < 1.29 is 24.6 Å². The first-order valence-electron chi connectivity index (χ1n) is 10.5. The Balaban J connectivity index is 1.76. The van der Waals surface area contributed by atoms with Crippen molar-refractivity contribution in [3.8, 4) is 12.3 Å². The van der Waals surface area contributed by atoms with Gasteiger partial charge in [-0.3, -0.25) is 19.4 Å². The second-order valence-electron chi connectivity index (χ2n) is 7.71. The van der Waals surface area contributed by atoms with Crippen LogP contribution in [0.4, 0.5) is 5.95 Å². The van der Waals surface area contributed by atoms with E-state index in [1.54, 1.807) is 12.1 Å². The number of aliphatic carboxylic acids is 2. The quantitative estimate of drug-likeness (QED) is 0.258. The van der Waals surface area contributed by atoms with Crippen LogP contribution in [0.1, 0.15) is 46.8 Å². The number of rotatable bonds is 10. The topological polar surface area (TPSA) is 201 Å². The van der Waals surface area contributed by atoms with Crippen molar-refractivity contribution in [2.75, 3.05) is 5.73 Å². The standard InChI is InChI=1S/C23H22N6O6/c1-2-3-14(10-15-11-25-19-18(26-15)21(33)29-23(24)28-19)12-4-6-13(7-5-12)20(32)27-16(22(34)35)8-9-17(30)31/h1,4-7,11,14,16H,3,8-10H2,(H,27,32)(H,30,31)(H,34,35)(H3,24,25,28,29,33)/t14?,16-/m0/s1. The number of benzene rings is 1. The van der Waals surface area contributed by atoms with E-state index in [1.165, 1.54) is 18.3 Å². The second-order valence-corrected chi connectivity index (χ2v) is 7.71. The molecule has 2 heterocycles. The van der Waals surface area contributed by atoms with Gasteiger partial charge in [-0.25, -0.2) is 14.8 Å². The molecule has 0 bridgehead atoms. The number of carbonyl (C=O) groups excluding carboxylic acids is 1. The fourth-order valence-corrected chi connectivity index (χ4v) is 3.45. The third-order valence-corrected chi connectivity index (χ3v) is 5.20. The van der Waals surface area contributed by atoms with Crippen LogP contribution in [0.3, 0.4) is 0 Å². The Morgan fingerprint density at radius 3 is 2.51 bits per heavy atom. The number of nitrogens with one attached hydrogen (secondary N) is 2. The van der Waals surface area contributed by atoms with Gasteiger partial charge in [0.25, 0.3) is 11.5 Å². The Labute approximate surface area is 198 Å². The molecule has 12 heteroatoms. The summed E-state index contributed by atoms with van der Waals surface area (Å²) in [4.78, 5) is 61.4. The summed E-state index contributed by atoms with van der Waals surface area (Å²) in [5, 5.41) is 20.3. The molecular formula is C23H22N6O6. The number of carboxylic acid groups (broad SMARTS) is 2. The first-order chi connectivity index (χ1) is 16.7. The zero-order chi connectivity index (χ0) is 25.5. The van der Waals surface area contributed by atoms with Crippen LogP contribution < -0.4 is 16.6 Å². The van der Waals surface area contributed by atoms with Crippen LogP contribution in [0.15, 0.2) is 35.3 Å². The van der Waals surface area contributed by atoms with E-state index in [1.807, 2.05) is 0 Å². The van der Waals surface area contributed by atoms with Gasteiger partial charge in [0, 0.05) is 24.3 Å². The summed E-state index contributed by atoms with van der Waals surface area (Å²) < 4.78 is 0. The molecule has 0 saturated heterocycles. The van der Waals surface area contributed by atoms with Gasteiger partial charge in [-0.2, -0.15) is 4.98 Å². The van der Waals surface area contributed by atoms with Gasteiger partial charge in [-0.1, -0.05) is 12.1 Å². The number of nitrogens with two attached hydrogens (primary N) is 1. The molecule has 2 atom stereocenters. The van der Waals surface area contributed by atoms with Gasteiger partial charge in [-0.15, -0.1) is 12.3 Å². The number of carbonyl (C=O) groups is 3. The second kappa shape index (κ2) is 10.9. The molecule has 0 fully saturated rings. The predicted octanol–water partition coefficient (Wildman–Crippen LogP) is 0.693. The van der Waals surface area contributed by atoms with Gasteiger partial charge in [0.15, 0.2) is 11.2 Å². The van der Waals surface area contributed by atoms with Crippen LogP contribution in [-0.2, 0) is 16.0 Å². The van der Waals surface area contributed by atoms with Crippen molar-refractivity contribution in [2.45, 2.75) is 37.6 Å². The molecular weight excluding hydrogens is 456 g/mol. The molecule has 12 nitrogen and oxygen atoms in total. The predicted molar refractivity (Wildman–Crippen MR) is 124 cm³/mol. The van der Waals surface area contributed by atoms with Crippen molar-refractivity contribution in [2.24, 2.45) is 0 Å². The van der Waals surface area contributed by atoms with Gasteiger partial charge >= 0.3 is 11.9 Å². The molecule has 1 unspecified atom stereocenters. The minimum atomic E-state index is -1.33. The first kappa shape index (κ1) is 24.8. The highest BCUT2D eigenvalue weighted by molar-refractivity contribution is 5.96. The van der Waals surface area contributed by atoms with E-state index in [9.17, 15) is 24.3 Å². The monoisotopic (exact) mass is 478 g/mol. The van der Waals surface area contributed by atoms with E-state index in [0.29, 0.717) is 18.5 Å². The van der Waals surface area contributed by atoms with Crippen molar-refractivity contribution in [1.82, 2.24) is 25.3 Å². The number of carboxylic acids is 2. The lowest BCUT2D eigenvalue weighted by atomic mass is 9.91.